The SMILES string of the molecule is c1ccc(C2(c3ccccc3)c3ccccc3-c3ccc(-c4c5ccccc5c(-c5ccc6c(ccc7ccccc76)c5)c5ccccc45)cc32)cc1. The van der Waals surface area contributed by atoms with Crippen LogP contribution in [0.1, 0.15) is 22.3 Å². The third kappa shape index (κ3) is 4.30. The van der Waals surface area contributed by atoms with Crippen LogP contribution >= 0.6 is 0 Å². The van der Waals surface area contributed by atoms with Gasteiger partial charge in [-0.2, -0.15) is 0 Å². The molecule has 0 radical (unpaired) electrons. The highest BCUT2D eigenvalue weighted by Crippen LogP contribution is 2.57. The first-order valence-electron chi connectivity index (χ1n) is 18.5. The summed E-state index contributed by atoms with van der Waals surface area (Å²) in [5.74, 6) is 0. The van der Waals surface area contributed by atoms with Gasteiger partial charge in [-0.25, -0.2) is 0 Å². The van der Waals surface area contributed by atoms with E-state index in [1.165, 1.54) is 98.7 Å². The molecule has 0 bridgehead atoms. The molecule has 1 aliphatic carbocycles. The molecule has 0 aliphatic heterocycles. The van der Waals surface area contributed by atoms with E-state index in [9.17, 15) is 0 Å². The van der Waals surface area contributed by atoms with Gasteiger partial charge in [-0.1, -0.05) is 194 Å². The van der Waals surface area contributed by atoms with Crippen molar-refractivity contribution >= 4 is 43.1 Å². The van der Waals surface area contributed by atoms with Crippen molar-refractivity contribution in [2.75, 3.05) is 0 Å². The lowest BCUT2D eigenvalue weighted by molar-refractivity contribution is 0.769. The summed E-state index contributed by atoms with van der Waals surface area (Å²) in [4.78, 5) is 0. The van der Waals surface area contributed by atoms with Crippen LogP contribution in [0.15, 0.2) is 206 Å². The summed E-state index contributed by atoms with van der Waals surface area (Å²) in [5, 5.41) is 10.2. The topological polar surface area (TPSA) is 0 Å². The highest BCUT2D eigenvalue weighted by molar-refractivity contribution is 6.22. The van der Waals surface area contributed by atoms with Gasteiger partial charge in [0.25, 0.3) is 0 Å². The molecule has 0 heteroatoms. The van der Waals surface area contributed by atoms with Crippen LogP contribution in [0.25, 0.3) is 76.5 Å². The van der Waals surface area contributed by atoms with Crippen LogP contribution < -0.4 is 0 Å². The van der Waals surface area contributed by atoms with E-state index < -0.39 is 5.41 Å². The van der Waals surface area contributed by atoms with Crippen LogP contribution in [0.3, 0.4) is 0 Å². The van der Waals surface area contributed by atoms with Gasteiger partial charge < -0.3 is 0 Å². The Morgan fingerprint density at radius 3 is 1.36 bits per heavy atom. The van der Waals surface area contributed by atoms with Crippen molar-refractivity contribution in [3.8, 4) is 33.4 Å². The van der Waals surface area contributed by atoms with E-state index >= 15 is 0 Å². The Hall–Kier alpha value is -6.76. The average Bonchev–Trinajstić information content (AvgIpc) is 3.53. The number of benzene rings is 10. The van der Waals surface area contributed by atoms with Crippen molar-refractivity contribution in [3.05, 3.63) is 229 Å². The molecule has 0 nitrogen and oxygen atoms in total. The molecule has 246 valence electrons. The fourth-order valence-electron chi connectivity index (χ4n) is 9.52. The molecule has 0 N–H and O–H groups in total. The molecule has 1 aliphatic rings. The molecule has 0 amide bonds. The number of fused-ring (bicyclic) bond motifs is 8. The van der Waals surface area contributed by atoms with Gasteiger partial charge in [0.15, 0.2) is 0 Å². The Kier molecular flexibility index (Phi) is 6.57. The van der Waals surface area contributed by atoms with Gasteiger partial charge in [-0.05, 0) is 111 Å². The fourth-order valence-corrected chi connectivity index (χ4v) is 9.52. The number of rotatable bonds is 4. The summed E-state index contributed by atoms with van der Waals surface area (Å²) in [6.45, 7) is 0. The minimum Gasteiger partial charge on any atom is -0.0622 e. The molecule has 0 aromatic heterocycles. The van der Waals surface area contributed by atoms with Crippen molar-refractivity contribution in [2.24, 2.45) is 0 Å². The minimum atomic E-state index is -0.453. The van der Waals surface area contributed by atoms with E-state index in [2.05, 4.69) is 206 Å². The summed E-state index contributed by atoms with van der Waals surface area (Å²) >= 11 is 0. The maximum Gasteiger partial charge on any atom is 0.0713 e. The van der Waals surface area contributed by atoms with Crippen molar-refractivity contribution in [1.29, 1.82) is 0 Å². The highest BCUT2D eigenvalue weighted by Gasteiger charge is 2.46. The Morgan fingerprint density at radius 1 is 0.264 bits per heavy atom. The monoisotopic (exact) mass is 670 g/mol. The minimum absolute atomic E-state index is 0.453. The molecule has 0 atom stereocenters. The average molecular weight is 671 g/mol. The van der Waals surface area contributed by atoms with Gasteiger partial charge in [0.1, 0.15) is 0 Å². The van der Waals surface area contributed by atoms with Gasteiger partial charge in [0, 0.05) is 0 Å². The maximum atomic E-state index is 2.50. The van der Waals surface area contributed by atoms with E-state index in [1.807, 2.05) is 0 Å². The van der Waals surface area contributed by atoms with Crippen LogP contribution in [0.4, 0.5) is 0 Å². The summed E-state index contributed by atoms with van der Waals surface area (Å²) in [6, 6.07) is 76.7. The second-order valence-corrected chi connectivity index (χ2v) is 14.4. The van der Waals surface area contributed by atoms with Crippen LogP contribution in [0.2, 0.25) is 0 Å². The smallest absolute Gasteiger partial charge is 0.0622 e. The molecule has 0 saturated carbocycles. The molecule has 11 rings (SSSR count). The first-order valence-corrected chi connectivity index (χ1v) is 18.5. The van der Waals surface area contributed by atoms with Crippen molar-refractivity contribution in [2.45, 2.75) is 5.41 Å². The lowest BCUT2D eigenvalue weighted by atomic mass is 9.67. The molecule has 0 heterocycles. The first kappa shape index (κ1) is 29.9. The third-order valence-electron chi connectivity index (χ3n) is 11.7. The zero-order valence-corrected chi connectivity index (χ0v) is 29.1. The zero-order chi connectivity index (χ0) is 34.9. The highest BCUT2D eigenvalue weighted by atomic mass is 14.5. The lowest BCUT2D eigenvalue weighted by Gasteiger charge is -2.34. The van der Waals surface area contributed by atoms with Gasteiger partial charge in [0.05, 0.1) is 5.41 Å². The first-order chi connectivity index (χ1) is 26.3. The predicted octanol–water partition coefficient (Wildman–Crippen LogP) is 14.0. The normalized spacial score (nSPS) is 13.1. The molecular weight excluding hydrogens is 637 g/mol. The number of hydrogen-bond donors (Lipinski definition) is 0. The summed E-state index contributed by atoms with van der Waals surface area (Å²) < 4.78 is 0. The molecule has 10 aromatic carbocycles. The van der Waals surface area contributed by atoms with E-state index in [0.29, 0.717) is 0 Å². The maximum absolute atomic E-state index is 2.50. The van der Waals surface area contributed by atoms with Crippen molar-refractivity contribution in [1.82, 2.24) is 0 Å². The van der Waals surface area contributed by atoms with Crippen LogP contribution in [0.5, 0.6) is 0 Å². The predicted molar refractivity (Wildman–Crippen MR) is 225 cm³/mol. The second kappa shape index (κ2) is 11.6. The molecular formula is C53H34. The third-order valence-corrected chi connectivity index (χ3v) is 11.7. The lowest BCUT2D eigenvalue weighted by Crippen LogP contribution is -2.28. The molecule has 0 saturated heterocycles. The Labute approximate surface area is 309 Å². The van der Waals surface area contributed by atoms with Crippen LogP contribution in [0, 0.1) is 0 Å². The molecule has 0 unspecified atom stereocenters. The molecule has 0 fully saturated rings. The summed E-state index contributed by atoms with van der Waals surface area (Å²) in [5.41, 5.74) is 12.4. The molecule has 53 heavy (non-hydrogen) atoms. The van der Waals surface area contributed by atoms with E-state index in [4.69, 9.17) is 0 Å². The van der Waals surface area contributed by atoms with Gasteiger partial charge in [-0.15, -0.1) is 0 Å². The zero-order valence-electron chi connectivity index (χ0n) is 29.1. The quantitative estimate of drug-likeness (QED) is 0.129. The van der Waals surface area contributed by atoms with Gasteiger partial charge in [0.2, 0.25) is 0 Å². The van der Waals surface area contributed by atoms with Gasteiger partial charge in [-0.3, -0.25) is 0 Å². The van der Waals surface area contributed by atoms with Crippen LogP contribution in [-0.4, -0.2) is 0 Å². The summed E-state index contributed by atoms with van der Waals surface area (Å²) in [7, 11) is 0. The fraction of sp³-hybridized carbons (Fsp3) is 0.0189. The largest absolute Gasteiger partial charge is 0.0713 e. The van der Waals surface area contributed by atoms with Gasteiger partial charge >= 0.3 is 0 Å². The van der Waals surface area contributed by atoms with E-state index in [0.717, 1.165) is 0 Å². The van der Waals surface area contributed by atoms with E-state index in [1.54, 1.807) is 0 Å². The van der Waals surface area contributed by atoms with Crippen molar-refractivity contribution in [3.63, 3.8) is 0 Å². The molecule has 0 spiro atoms. The Balaban J connectivity index is 1.20. The Bertz CT molecular complexity index is 2950. The van der Waals surface area contributed by atoms with Crippen LogP contribution in [-0.2, 0) is 5.41 Å². The number of hydrogen-bond acceptors (Lipinski definition) is 0. The van der Waals surface area contributed by atoms with Crippen molar-refractivity contribution < 1.29 is 0 Å². The standard InChI is InChI=1S/C53H34/c1-3-16-39(17-4-1)53(40-18-5-2-6-19-40)49-26-14-13-21-43(49)44-32-30-38(34-50(44)53)52-47-24-11-9-22-45(47)51(46-23-10-12-25-48(46)52)37-29-31-42-36(33-37)28-27-35-15-7-8-20-41(35)42/h1-34H. The molecule has 10 aromatic rings. The van der Waals surface area contributed by atoms with E-state index in [-0.39, 0.29) is 0 Å². The summed E-state index contributed by atoms with van der Waals surface area (Å²) in [6.07, 6.45) is 0. The Morgan fingerprint density at radius 2 is 0.717 bits per heavy atom. The second-order valence-electron chi connectivity index (χ2n) is 14.4.